The number of carbonyl (C=O) groups is 1. The molecule has 0 atom stereocenters. The molecule has 140 valence electrons. The molecule has 1 saturated heterocycles. The third kappa shape index (κ3) is 3.69. The number of rotatable bonds is 5. The topological polar surface area (TPSA) is 75.9 Å². The molecule has 0 aliphatic carbocycles. The van der Waals surface area contributed by atoms with E-state index in [2.05, 4.69) is 33.1 Å². The average Bonchev–Trinajstić information content (AvgIpc) is 3.21. The summed E-state index contributed by atoms with van der Waals surface area (Å²) < 4.78 is 7.47. The van der Waals surface area contributed by atoms with E-state index < -0.39 is 0 Å². The summed E-state index contributed by atoms with van der Waals surface area (Å²) in [5.74, 6) is 2.22. The Kier molecular flexibility index (Phi) is 4.86. The van der Waals surface area contributed by atoms with Crippen molar-refractivity contribution in [2.75, 3.05) is 37.7 Å². The first-order valence-corrected chi connectivity index (χ1v) is 9.15. The highest BCUT2D eigenvalue weighted by Gasteiger charge is 2.23. The number of carbonyl (C=O) groups excluding carboxylic acids is 1. The van der Waals surface area contributed by atoms with Gasteiger partial charge in [0.2, 0.25) is 0 Å². The second-order valence-electron chi connectivity index (χ2n) is 6.43. The van der Waals surface area contributed by atoms with Gasteiger partial charge in [-0.15, -0.1) is 10.2 Å². The number of nitrogens with zero attached hydrogens (tertiary/aromatic N) is 6. The Hall–Kier alpha value is -3.16. The van der Waals surface area contributed by atoms with E-state index in [4.69, 9.17) is 4.74 Å². The number of para-hydroxylation sites is 1. The first kappa shape index (κ1) is 17.3. The van der Waals surface area contributed by atoms with Gasteiger partial charge in [0.1, 0.15) is 17.9 Å². The van der Waals surface area contributed by atoms with E-state index in [1.165, 1.54) is 0 Å². The van der Waals surface area contributed by atoms with Crippen molar-refractivity contribution in [3.63, 3.8) is 0 Å². The number of amides is 1. The van der Waals surface area contributed by atoms with Crippen molar-refractivity contribution < 1.29 is 9.53 Å². The van der Waals surface area contributed by atoms with Crippen LogP contribution in [0, 0.1) is 0 Å². The highest BCUT2D eigenvalue weighted by molar-refractivity contribution is 5.78. The molecule has 4 rings (SSSR count). The van der Waals surface area contributed by atoms with Crippen LogP contribution in [-0.2, 0) is 11.2 Å². The molecule has 27 heavy (non-hydrogen) atoms. The predicted molar refractivity (Wildman–Crippen MR) is 101 cm³/mol. The molecular weight excluding hydrogens is 344 g/mol. The third-order valence-corrected chi connectivity index (χ3v) is 4.77. The zero-order valence-corrected chi connectivity index (χ0v) is 15.3. The summed E-state index contributed by atoms with van der Waals surface area (Å²) >= 11 is 0. The van der Waals surface area contributed by atoms with E-state index in [1.54, 1.807) is 6.33 Å². The van der Waals surface area contributed by atoms with E-state index in [9.17, 15) is 4.79 Å². The van der Waals surface area contributed by atoms with Crippen LogP contribution in [0.25, 0.3) is 5.78 Å². The van der Waals surface area contributed by atoms with Gasteiger partial charge in [0.15, 0.2) is 6.61 Å². The van der Waals surface area contributed by atoms with E-state index >= 15 is 0 Å². The summed E-state index contributed by atoms with van der Waals surface area (Å²) in [7, 11) is 0. The molecule has 0 spiro atoms. The van der Waals surface area contributed by atoms with Gasteiger partial charge in [-0.3, -0.25) is 9.20 Å². The lowest BCUT2D eigenvalue weighted by atomic mass is 10.2. The highest BCUT2D eigenvalue weighted by Crippen LogP contribution is 2.18. The van der Waals surface area contributed by atoms with Gasteiger partial charge in [-0.1, -0.05) is 25.1 Å². The van der Waals surface area contributed by atoms with Gasteiger partial charge in [-0.2, -0.15) is 4.98 Å². The number of benzene rings is 1. The van der Waals surface area contributed by atoms with Gasteiger partial charge < -0.3 is 14.5 Å². The molecule has 1 fully saturated rings. The Morgan fingerprint density at radius 1 is 1.15 bits per heavy atom. The number of fused-ring (bicyclic) bond motifs is 1. The SMILES string of the molecule is CCc1cc(N2CCN(C(=O)COc3ccccc3)CC2)nc2nncn12. The molecule has 1 amide bonds. The minimum absolute atomic E-state index is 0.00798. The average molecular weight is 366 g/mol. The van der Waals surface area contributed by atoms with Crippen LogP contribution in [0.2, 0.25) is 0 Å². The van der Waals surface area contributed by atoms with Crippen molar-refractivity contribution in [3.05, 3.63) is 48.4 Å². The summed E-state index contributed by atoms with van der Waals surface area (Å²) in [6.45, 7) is 4.93. The van der Waals surface area contributed by atoms with Crippen LogP contribution in [0.1, 0.15) is 12.6 Å². The highest BCUT2D eigenvalue weighted by atomic mass is 16.5. The summed E-state index contributed by atoms with van der Waals surface area (Å²) in [5, 5.41) is 8.02. The Morgan fingerprint density at radius 2 is 1.93 bits per heavy atom. The molecule has 0 saturated carbocycles. The lowest BCUT2D eigenvalue weighted by Crippen LogP contribution is -2.50. The minimum atomic E-state index is 0.00798. The first-order chi connectivity index (χ1) is 13.2. The van der Waals surface area contributed by atoms with Crippen LogP contribution >= 0.6 is 0 Å². The van der Waals surface area contributed by atoms with Crippen LogP contribution in [0.5, 0.6) is 5.75 Å². The van der Waals surface area contributed by atoms with Crippen molar-refractivity contribution in [1.82, 2.24) is 24.5 Å². The van der Waals surface area contributed by atoms with Gasteiger partial charge in [-0.05, 0) is 18.6 Å². The quantitative estimate of drug-likeness (QED) is 0.680. The smallest absolute Gasteiger partial charge is 0.260 e. The number of anilines is 1. The normalized spacial score (nSPS) is 14.6. The minimum Gasteiger partial charge on any atom is -0.484 e. The Labute approximate surface area is 157 Å². The lowest BCUT2D eigenvalue weighted by Gasteiger charge is -2.35. The van der Waals surface area contributed by atoms with Crippen LogP contribution in [0.3, 0.4) is 0 Å². The summed E-state index contributed by atoms with van der Waals surface area (Å²) in [4.78, 5) is 21.0. The van der Waals surface area contributed by atoms with E-state index in [-0.39, 0.29) is 12.5 Å². The first-order valence-electron chi connectivity index (χ1n) is 9.15. The lowest BCUT2D eigenvalue weighted by molar-refractivity contribution is -0.133. The molecule has 8 heteroatoms. The fraction of sp³-hybridized carbons (Fsp3) is 0.368. The Morgan fingerprint density at radius 3 is 2.67 bits per heavy atom. The predicted octanol–water partition coefficient (Wildman–Crippen LogP) is 1.41. The molecule has 2 aromatic heterocycles. The second kappa shape index (κ2) is 7.61. The molecule has 8 nitrogen and oxygen atoms in total. The van der Waals surface area contributed by atoms with Crippen LogP contribution in [-0.4, -0.2) is 63.2 Å². The second-order valence-corrected chi connectivity index (χ2v) is 6.43. The van der Waals surface area contributed by atoms with Gasteiger partial charge in [0, 0.05) is 37.9 Å². The van der Waals surface area contributed by atoms with Crippen LogP contribution in [0.4, 0.5) is 5.82 Å². The van der Waals surface area contributed by atoms with E-state index in [0.29, 0.717) is 24.6 Å². The maximum atomic E-state index is 12.4. The molecule has 1 aliphatic rings. The molecule has 1 aliphatic heterocycles. The molecule has 0 unspecified atom stereocenters. The Balaban J connectivity index is 1.36. The number of hydrogen-bond donors (Lipinski definition) is 0. The monoisotopic (exact) mass is 366 g/mol. The van der Waals surface area contributed by atoms with Crippen LogP contribution < -0.4 is 9.64 Å². The van der Waals surface area contributed by atoms with E-state index in [1.807, 2.05) is 39.6 Å². The van der Waals surface area contributed by atoms with Gasteiger partial charge in [0.25, 0.3) is 11.7 Å². The third-order valence-electron chi connectivity index (χ3n) is 4.77. The number of ether oxygens (including phenoxy) is 1. The van der Waals surface area contributed by atoms with Gasteiger partial charge in [-0.25, -0.2) is 0 Å². The molecule has 0 radical (unpaired) electrons. The number of aryl methyl sites for hydroxylation is 1. The van der Waals surface area contributed by atoms with Crippen molar-refractivity contribution in [3.8, 4) is 5.75 Å². The maximum Gasteiger partial charge on any atom is 0.260 e. The van der Waals surface area contributed by atoms with Gasteiger partial charge >= 0.3 is 0 Å². The fourth-order valence-electron chi connectivity index (χ4n) is 3.23. The standard InChI is InChI=1S/C19H22N6O2/c1-2-15-12-17(21-19-22-20-14-25(15)19)23-8-10-24(11-9-23)18(26)13-27-16-6-4-3-5-7-16/h3-7,12,14H,2,8-11,13H2,1H3. The van der Waals surface area contributed by atoms with Crippen LogP contribution in [0.15, 0.2) is 42.7 Å². The van der Waals surface area contributed by atoms with Gasteiger partial charge in [0.05, 0.1) is 0 Å². The van der Waals surface area contributed by atoms with Crippen molar-refractivity contribution in [2.24, 2.45) is 0 Å². The summed E-state index contributed by atoms with van der Waals surface area (Å²) in [6.07, 6.45) is 2.56. The van der Waals surface area contributed by atoms with Crippen molar-refractivity contribution in [2.45, 2.75) is 13.3 Å². The molecule has 1 aromatic carbocycles. The number of piperazine rings is 1. The zero-order chi connectivity index (χ0) is 18.6. The summed E-state index contributed by atoms with van der Waals surface area (Å²) in [5.41, 5.74) is 1.12. The largest absolute Gasteiger partial charge is 0.484 e. The maximum absolute atomic E-state index is 12.4. The molecule has 3 heterocycles. The van der Waals surface area contributed by atoms with Crippen molar-refractivity contribution >= 4 is 17.5 Å². The molecular formula is C19H22N6O2. The number of aromatic nitrogens is 4. The molecule has 3 aromatic rings. The fourth-order valence-corrected chi connectivity index (χ4v) is 3.23. The van der Waals surface area contributed by atoms with E-state index in [0.717, 1.165) is 31.0 Å². The molecule has 0 N–H and O–H groups in total. The van der Waals surface area contributed by atoms with Crippen molar-refractivity contribution in [1.29, 1.82) is 0 Å². The molecule has 0 bridgehead atoms. The zero-order valence-electron chi connectivity index (χ0n) is 15.3. The number of hydrogen-bond acceptors (Lipinski definition) is 6. The Bertz CT molecular complexity index is 918. The summed E-state index contributed by atoms with van der Waals surface area (Å²) in [6, 6.07) is 11.5.